The van der Waals surface area contributed by atoms with Crippen LogP contribution in [0.2, 0.25) is 6.04 Å². The van der Waals surface area contributed by atoms with E-state index in [0.717, 1.165) is 19.1 Å². The third-order valence-corrected chi connectivity index (χ3v) is 5.44. The number of aliphatic hydroxyl groups is 1. The smallest absolute Gasteiger partial charge is 0.220 e. The van der Waals surface area contributed by atoms with Crippen molar-refractivity contribution in [3.05, 3.63) is 0 Å². The van der Waals surface area contributed by atoms with Gasteiger partial charge in [-0.1, -0.05) is 6.42 Å². The maximum absolute atomic E-state index is 9.44. The zero-order valence-corrected chi connectivity index (χ0v) is 8.26. The van der Waals surface area contributed by atoms with Gasteiger partial charge in [-0.3, -0.25) is 0 Å². The van der Waals surface area contributed by atoms with Crippen LogP contribution in [0.5, 0.6) is 0 Å². The molecular formula is C6H14O2SSi. The maximum atomic E-state index is 9.44. The molecule has 0 amide bonds. The predicted octanol–water partition coefficient (Wildman–Crippen LogP) is 0.698. The molecule has 0 bridgehead atoms. The first kappa shape index (κ1) is 8.58. The summed E-state index contributed by atoms with van der Waals surface area (Å²) in [5.41, 5.74) is 0. The molecule has 0 aromatic rings. The van der Waals surface area contributed by atoms with Gasteiger partial charge in [0.1, 0.15) is 4.56 Å². The Balaban J connectivity index is 2.39. The van der Waals surface area contributed by atoms with Gasteiger partial charge in [0, 0.05) is 6.61 Å². The molecule has 0 saturated carbocycles. The van der Waals surface area contributed by atoms with Gasteiger partial charge in [-0.05, 0) is 19.4 Å². The van der Waals surface area contributed by atoms with E-state index in [1.54, 1.807) is 6.92 Å². The van der Waals surface area contributed by atoms with E-state index in [2.05, 4.69) is 12.6 Å². The van der Waals surface area contributed by atoms with Crippen molar-refractivity contribution >= 4 is 21.7 Å². The van der Waals surface area contributed by atoms with Gasteiger partial charge in [-0.25, -0.2) is 0 Å². The number of rotatable bonds is 1. The van der Waals surface area contributed by atoms with Gasteiger partial charge in [-0.15, -0.1) is 12.6 Å². The molecule has 1 rings (SSSR count). The summed E-state index contributed by atoms with van der Waals surface area (Å²) in [6, 6.07) is 1.07. The molecule has 0 radical (unpaired) electrons. The first-order valence-electron chi connectivity index (χ1n) is 3.67. The van der Waals surface area contributed by atoms with Crippen molar-refractivity contribution in [2.45, 2.75) is 30.4 Å². The highest BCUT2D eigenvalue weighted by molar-refractivity contribution is 7.83. The van der Waals surface area contributed by atoms with Gasteiger partial charge in [0.15, 0.2) is 0 Å². The van der Waals surface area contributed by atoms with Crippen LogP contribution >= 0.6 is 12.6 Å². The fourth-order valence-corrected chi connectivity index (χ4v) is 3.92. The lowest BCUT2D eigenvalue weighted by molar-refractivity contribution is 0.181. The molecule has 0 spiro atoms. The highest BCUT2D eigenvalue weighted by Gasteiger charge is 2.32. The Labute approximate surface area is 68.7 Å². The molecular weight excluding hydrogens is 164 g/mol. The molecule has 1 aliphatic heterocycles. The summed E-state index contributed by atoms with van der Waals surface area (Å²) in [6.45, 7) is 2.56. The Bertz CT molecular complexity index is 107. The van der Waals surface area contributed by atoms with Crippen LogP contribution in [-0.4, -0.2) is 25.3 Å². The van der Waals surface area contributed by atoms with Crippen LogP contribution in [0.4, 0.5) is 0 Å². The van der Waals surface area contributed by atoms with Gasteiger partial charge < -0.3 is 9.53 Å². The fraction of sp³-hybridized carbons (Fsp3) is 1.00. The van der Waals surface area contributed by atoms with Crippen LogP contribution in [0.25, 0.3) is 0 Å². The Morgan fingerprint density at radius 2 is 2.30 bits per heavy atom. The van der Waals surface area contributed by atoms with Gasteiger partial charge >= 0.3 is 0 Å². The molecule has 1 N–H and O–H groups in total. The minimum atomic E-state index is -1.39. The Hall–Kier alpha value is 0.487. The Kier molecular flexibility index (Phi) is 2.79. The summed E-state index contributed by atoms with van der Waals surface area (Å²) in [6.07, 6.45) is 2.35. The summed E-state index contributed by atoms with van der Waals surface area (Å²) in [5, 5.41) is 9.44. The quantitative estimate of drug-likeness (QED) is 0.352. The first-order valence-corrected chi connectivity index (χ1v) is 5.98. The van der Waals surface area contributed by atoms with Crippen molar-refractivity contribution in [3.8, 4) is 0 Å². The third-order valence-electron chi connectivity index (χ3n) is 1.79. The summed E-state index contributed by atoms with van der Waals surface area (Å²) >= 11 is 4.09. The molecule has 0 aliphatic carbocycles. The molecule has 1 heterocycles. The van der Waals surface area contributed by atoms with E-state index in [-0.39, 0.29) is 0 Å². The minimum absolute atomic E-state index is 0.819. The van der Waals surface area contributed by atoms with Gasteiger partial charge in [-0.2, -0.15) is 0 Å². The van der Waals surface area contributed by atoms with E-state index in [4.69, 9.17) is 4.43 Å². The van der Waals surface area contributed by atoms with Crippen molar-refractivity contribution in [1.82, 2.24) is 0 Å². The second-order valence-electron chi connectivity index (χ2n) is 2.95. The summed E-state index contributed by atoms with van der Waals surface area (Å²) < 4.78 is 4.64. The lowest BCUT2D eigenvalue weighted by Crippen LogP contribution is -2.42. The van der Waals surface area contributed by atoms with Crippen LogP contribution in [0.15, 0.2) is 0 Å². The second-order valence-corrected chi connectivity index (χ2v) is 7.35. The topological polar surface area (TPSA) is 29.5 Å². The van der Waals surface area contributed by atoms with Crippen molar-refractivity contribution in [2.24, 2.45) is 0 Å². The molecule has 10 heavy (non-hydrogen) atoms. The Morgan fingerprint density at radius 1 is 1.60 bits per heavy atom. The van der Waals surface area contributed by atoms with Crippen LogP contribution in [0, 0.1) is 0 Å². The SMILES string of the molecule is CC(O)(S)[SiH]1CCCCO1. The van der Waals surface area contributed by atoms with Gasteiger partial charge in [0.05, 0.1) is 0 Å². The van der Waals surface area contributed by atoms with E-state index in [1.165, 1.54) is 6.42 Å². The van der Waals surface area contributed by atoms with Gasteiger partial charge in [0.2, 0.25) is 9.04 Å². The Morgan fingerprint density at radius 3 is 2.60 bits per heavy atom. The fourth-order valence-electron chi connectivity index (χ4n) is 1.17. The molecule has 2 nitrogen and oxygen atoms in total. The summed E-state index contributed by atoms with van der Waals surface area (Å²) in [4.78, 5) is 0. The van der Waals surface area contributed by atoms with Crippen LogP contribution < -0.4 is 0 Å². The number of hydrogen-bond acceptors (Lipinski definition) is 3. The third kappa shape index (κ3) is 2.27. The lowest BCUT2D eigenvalue weighted by atomic mass is 10.4. The molecule has 0 aromatic carbocycles. The minimum Gasteiger partial charge on any atom is -0.416 e. The molecule has 2 atom stereocenters. The summed E-state index contributed by atoms with van der Waals surface area (Å²) in [5.74, 6) is 0. The molecule has 0 aromatic heterocycles. The van der Waals surface area contributed by atoms with Crippen LogP contribution in [0.1, 0.15) is 19.8 Å². The highest BCUT2D eigenvalue weighted by Crippen LogP contribution is 2.23. The second kappa shape index (κ2) is 3.26. The monoisotopic (exact) mass is 178 g/mol. The van der Waals surface area contributed by atoms with Crippen LogP contribution in [0.3, 0.4) is 0 Å². The molecule has 2 unspecified atom stereocenters. The summed E-state index contributed by atoms with van der Waals surface area (Å²) in [7, 11) is -1.39. The van der Waals surface area contributed by atoms with E-state index in [9.17, 15) is 5.11 Å². The zero-order valence-electron chi connectivity index (χ0n) is 6.21. The zero-order chi connectivity index (χ0) is 7.61. The van der Waals surface area contributed by atoms with E-state index >= 15 is 0 Å². The molecule has 60 valence electrons. The average molecular weight is 178 g/mol. The van der Waals surface area contributed by atoms with E-state index in [0.29, 0.717) is 0 Å². The standard InChI is InChI=1S/C6H14O2SSi/c1-6(7,9)10-5-3-2-4-8-10/h7,9-10H,2-5H2,1H3. The lowest BCUT2D eigenvalue weighted by Gasteiger charge is -2.29. The maximum Gasteiger partial charge on any atom is 0.220 e. The number of hydrogen-bond donors (Lipinski definition) is 2. The molecule has 1 aliphatic rings. The van der Waals surface area contributed by atoms with E-state index < -0.39 is 13.6 Å². The first-order chi connectivity index (χ1) is 4.61. The molecule has 4 heteroatoms. The van der Waals surface area contributed by atoms with Crippen molar-refractivity contribution in [1.29, 1.82) is 0 Å². The normalized spacial score (nSPS) is 33.3. The van der Waals surface area contributed by atoms with Crippen molar-refractivity contribution in [2.75, 3.05) is 6.61 Å². The predicted molar refractivity (Wildman–Crippen MR) is 46.8 cm³/mol. The van der Waals surface area contributed by atoms with Crippen molar-refractivity contribution in [3.63, 3.8) is 0 Å². The molecule has 1 fully saturated rings. The molecule has 1 saturated heterocycles. The largest absolute Gasteiger partial charge is 0.416 e. The van der Waals surface area contributed by atoms with Gasteiger partial charge in [0.25, 0.3) is 0 Å². The van der Waals surface area contributed by atoms with Crippen LogP contribution in [-0.2, 0) is 4.43 Å². The highest BCUT2D eigenvalue weighted by atomic mass is 32.1. The average Bonchev–Trinajstić information content (AvgIpc) is 1.88. The number of thiol groups is 1. The van der Waals surface area contributed by atoms with E-state index in [1.807, 2.05) is 0 Å². The van der Waals surface area contributed by atoms with Crippen molar-refractivity contribution < 1.29 is 9.53 Å².